The highest BCUT2D eigenvalue weighted by Gasteiger charge is 2.45. The molecule has 7 rings (SSSR count). The van der Waals surface area contributed by atoms with Crippen molar-refractivity contribution in [2.45, 2.75) is 31.6 Å². The smallest absolute Gasteiger partial charge is 0.337 e. The lowest BCUT2D eigenvalue weighted by Gasteiger charge is -2.30. The number of thiophene rings is 2. The van der Waals surface area contributed by atoms with Crippen LogP contribution in [0.15, 0.2) is 92.2 Å². The van der Waals surface area contributed by atoms with Crippen LogP contribution in [0.5, 0.6) is 0 Å². The molecule has 0 amide bonds. The monoisotopic (exact) mass is 812 g/mol. The third-order valence-corrected chi connectivity index (χ3v) is 12.0. The number of nitrogens with one attached hydrogen (secondary N) is 2. The van der Waals surface area contributed by atoms with Crippen LogP contribution in [0.3, 0.4) is 0 Å². The van der Waals surface area contributed by atoms with Gasteiger partial charge in [-0.05, 0) is 70.5 Å². The molecule has 58 heavy (non-hydrogen) atoms. The maximum atomic E-state index is 12.9. The number of esters is 4. The molecule has 2 unspecified atom stereocenters. The lowest BCUT2D eigenvalue weighted by molar-refractivity contribution is -0.139. The van der Waals surface area contributed by atoms with E-state index in [1.165, 1.54) is 51.1 Å². The van der Waals surface area contributed by atoms with Crippen molar-refractivity contribution in [1.29, 1.82) is 21.0 Å². The Kier molecular flexibility index (Phi) is 11.8. The largest absolute Gasteiger partial charge is 0.466 e. The summed E-state index contributed by atoms with van der Waals surface area (Å²) in [6.45, 7) is 1.64. The van der Waals surface area contributed by atoms with Gasteiger partial charge < -0.3 is 29.6 Å². The second-order valence-corrected chi connectivity index (χ2v) is 14.8. The van der Waals surface area contributed by atoms with E-state index in [4.69, 9.17) is 18.9 Å². The number of allylic oxidation sites excluding steroid dienone is 4. The van der Waals surface area contributed by atoms with Crippen molar-refractivity contribution < 1.29 is 38.1 Å². The van der Waals surface area contributed by atoms with E-state index < -0.39 is 35.7 Å². The Hall–Kier alpha value is -7.24. The Bertz CT molecular complexity index is 2740. The van der Waals surface area contributed by atoms with E-state index in [0.29, 0.717) is 39.2 Å². The summed E-state index contributed by atoms with van der Waals surface area (Å²) in [5.74, 6) is -4.20. The van der Waals surface area contributed by atoms with E-state index in [1.54, 1.807) is 36.6 Å². The van der Waals surface area contributed by atoms with E-state index in [2.05, 4.69) is 28.8 Å². The molecule has 4 aromatic rings. The average Bonchev–Trinajstić information content (AvgIpc) is 3.87. The summed E-state index contributed by atoms with van der Waals surface area (Å²) in [7, 11) is 4.99. The number of benzene rings is 2. The highest BCUT2D eigenvalue weighted by atomic mass is 32.1. The number of nitriles is 4. The highest BCUT2D eigenvalue weighted by Crippen LogP contribution is 2.49. The first-order valence-electron chi connectivity index (χ1n) is 17.4. The molecule has 2 atom stereocenters. The van der Waals surface area contributed by atoms with Gasteiger partial charge in [-0.2, -0.15) is 21.0 Å². The van der Waals surface area contributed by atoms with Gasteiger partial charge in [0.1, 0.15) is 35.7 Å². The van der Waals surface area contributed by atoms with Gasteiger partial charge in [-0.25, -0.2) is 19.2 Å². The Morgan fingerprint density at radius 2 is 1.02 bits per heavy atom. The summed E-state index contributed by atoms with van der Waals surface area (Å²) >= 11 is 2.70. The molecule has 0 radical (unpaired) electrons. The van der Waals surface area contributed by atoms with Crippen LogP contribution in [0.25, 0.3) is 20.2 Å². The molecule has 1 fully saturated rings. The lowest BCUT2D eigenvalue weighted by Crippen LogP contribution is -2.34. The Morgan fingerprint density at radius 3 is 1.43 bits per heavy atom. The van der Waals surface area contributed by atoms with Gasteiger partial charge in [0, 0.05) is 11.4 Å². The first kappa shape index (κ1) is 40.4. The second-order valence-electron chi connectivity index (χ2n) is 13.0. The van der Waals surface area contributed by atoms with E-state index in [-0.39, 0.29) is 34.0 Å². The number of nitrogens with zero attached hydrogens (tertiary/aromatic N) is 4. The van der Waals surface area contributed by atoms with Gasteiger partial charge in [0.2, 0.25) is 0 Å². The molecule has 0 spiro atoms. The summed E-state index contributed by atoms with van der Waals surface area (Å²) in [4.78, 5) is 50.8. The summed E-state index contributed by atoms with van der Waals surface area (Å²) < 4.78 is 21.4. The molecule has 290 valence electrons. The van der Waals surface area contributed by atoms with Gasteiger partial charge in [-0.3, -0.25) is 0 Å². The number of carbonyl (C=O) groups excluding carboxylic acids is 4. The molecule has 14 nitrogen and oxygen atoms in total. The van der Waals surface area contributed by atoms with Crippen molar-refractivity contribution in [1.82, 2.24) is 10.6 Å². The maximum absolute atomic E-state index is 12.9. The molecule has 2 aliphatic heterocycles. The third kappa shape index (κ3) is 7.03. The quantitative estimate of drug-likeness (QED) is 0.159. The van der Waals surface area contributed by atoms with E-state index in [9.17, 15) is 40.2 Å². The van der Waals surface area contributed by atoms with Gasteiger partial charge in [-0.15, -0.1) is 22.7 Å². The molecule has 16 heteroatoms. The van der Waals surface area contributed by atoms with Crippen LogP contribution < -0.4 is 10.6 Å². The maximum Gasteiger partial charge on any atom is 0.337 e. The number of hydrogen-bond acceptors (Lipinski definition) is 16. The zero-order valence-corrected chi connectivity index (χ0v) is 33.3. The molecule has 2 aromatic heterocycles. The number of fused-ring (bicyclic) bond motifs is 2. The molecule has 2 N–H and O–H groups in total. The molecule has 3 aliphatic rings. The Morgan fingerprint density at radius 1 is 0.603 bits per heavy atom. The van der Waals surface area contributed by atoms with Crippen LogP contribution >= 0.6 is 22.7 Å². The minimum Gasteiger partial charge on any atom is -0.466 e. The minimum atomic E-state index is -0.863. The Balaban J connectivity index is 0.000000196. The van der Waals surface area contributed by atoms with Crippen LogP contribution in [-0.4, -0.2) is 52.3 Å². The zero-order chi connectivity index (χ0) is 41.8. The molecule has 0 bridgehead atoms. The first-order chi connectivity index (χ1) is 28.0. The number of ether oxygens (including phenoxy) is 4. The second kappa shape index (κ2) is 16.9. The van der Waals surface area contributed by atoms with Crippen molar-refractivity contribution in [3.8, 4) is 24.3 Å². The van der Waals surface area contributed by atoms with Gasteiger partial charge in [0.05, 0.1) is 83.1 Å². The molecular weight excluding hydrogens is 781 g/mol. The predicted octanol–water partition coefficient (Wildman–Crippen LogP) is 6.11. The predicted molar refractivity (Wildman–Crippen MR) is 211 cm³/mol. The van der Waals surface area contributed by atoms with Crippen molar-refractivity contribution >= 4 is 66.7 Å². The third-order valence-electron chi connectivity index (χ3n) is 9.91. The van der Waals surface area contributed by atoms with Gasteiger partial charge in [0.15, 0.2) is 0 Å². The normalized spacial score (nSPS) is 17.4. The lowest BCUT2D eigenvalue weighted by atomic mass is 9.79. The SMILES string of the molecule is COC(=O)C1=C(C#N)NC(C2CC2)=C(C(=O)OC)C1c1csc2c(C#N)cccc12.COC(=O)C1=C(C)NC(C#N)=C(C(=O)OC)C1c1csc2c(C#N)cccc12. The first-order valence-corrected chi connectivity index (χ1v) is 19.2. The van der Waals surface area contributed by atoms with E-state index in [0.717, 1.165) is 33.0 Å². The number of rotatable bonds is 7. The highest BCUT2D eigenvalue weighted by molar-refractivity contribution is 7.18. The van der Waals surface area contributed by atoms with Crippen LogP contribution in [0.1, 0.15) is 53.9 Å². The fourth-order valence-electron chi connectivity index (χ4n) is 7.19. The van der Waals surface area contributed by atoms with Crippen LogP contribution in [-0.2, 0) is 38.1 Å². The average molecular weight is 813 g/mol. The Labute approximate surface area is 340 Å². The number of dihydropyridines is 2. The minimum absolute atomic E-state index is 0.0118. The molecule has 1 saturated carbocycles. The van der Waals surface area contributed by atoms with Crippen molar-refractivity contribution in [3.63, 3.8) is 0 Å². The van der Waals surface area contributed by atoms with Crippen molar-refractivity contribution in [3.05, 3.63) is 114 Å². The summed E-state index contributed by atoms with van der Waals surface area (Å²) in [5, 5.41) is 49.0. The standard InChI is InChI=1S/C22H17N3O4S.C20H15N3O4S/c1-28-21(26)17-15(9-24)25-19(11-6-7-11)18(22(27)29-2)16(17)14-10-30-20-12(8-23)4-3-5-13(14)20;1-10-15(19(24)26-2)16(17(20(25)27-3)14(8-22)23-10)13-9-28-18-11(7-21)5-4-6-12(13)18/h3-5,10-11,16,25H,6-7H2,1-2H3;4-6,9,16,23H,1-3H3. The summed E-state index contributed by atoms with van der Waals surface area (Å²) in [5.41, 5.74) is 4.01. The number of hydrogen-bond donors (Lipinski definition) is 2. The fraction of sp³-hybridized carbons (Fsp3) is 0.238. The molecule has 4 heterocycles. The topological polar surface area (TPSA) is 224 Å². The molecular formula is C42H32N6O8S2. The number of methoxy groups -OCH3 is 4. The van der Waals surface area contributed by atoms with Gasteiger partial charge >= 0.3 is 23.9 Å². The summed E-state index contributed by atoms with van der Waals surface area (Å²) in [6.07, 6.45) is 1.76. The fourth-order valence-corrected chi connectivity index (χ4v) is 9.31. The number of carbonyl (C=O) groups is 4. The van der Waals surface area contributed by atoms with E-state index in [1.807, 2.05) is 23.6 Å². The zero-order valence-electron chi connectivity index (χ0n) is 31.6. The van der Waals surface area contributed by atoms with Crippen LogP contribution in [0.4, 0.5) is 0 Å². The molecule has 1 aliphatic carbocycles. The van der Waals surface area contributed by atoms with Crippen molar-refractivity contribution in [2.24, 2.45) is 5.92 Å². The molecule has 2 aromatic carbocycles. The molecule has 0 saturated heterocycles. The van der Waals surface area contributed by atoms with Crippen LogP contribution in [0.2, 0.25) is 0 Å². The van der Waals surface area contributed by atoms with Gasteiger partial charge in [0.25, 0.3) is 0 Å². The van der Waals surface area contributed by atoms with Gasteiger partial charge in [-0.1, -0.05) is 24.3 Å². The van der Waals surface area contributed by atoms with E-state index >= 15 is 0 Å². The van der Waals surface area contributed by atoms with Crippen LogP contribution in [0, 0.1) is 51.2 Å². The van der Waals surface area contributed by atoms with Crippen molar-refractivity contribution in [2.75, 3.05) is 28.4 Å². The summed E-state index contributed by atoms with van der Waals surface area (Å²) in [6, 6.07) is 18.9.